The normalized spacial score (nSPS) is 24.8. The number of hydrogen-bond acceptors (Lipinski definition) is 4. The second kappa shape index (κ2) is 10.2. The molecule has 5 rings (SSSR count). The number of para-hydroxylation sites is 1. The van der Waals surface area contributed by atoms with Crippen molar-refractivity contribution in [2.45, 2.75) is 12.6 Å². The Labute approximate surface area is 194 Å². The molecule has 3 aliphatic rings. The number of ether oxygens (including phenoxy) is 1. The number of benzene rings is 2. The molecule has 1 amide bonds. The standard InChI is InChI=1S/C23H26FN3O2.2ClH/c24-19-6-3-5-16(10-19)23-20-12-25-11-18(20)14-27(23)22(28)15-26-8-9-29-21-7-2-1-4-17(21)13-26;;/h1-7,10,18,20,23,25H,8-9,11-15H2;2*1H/t18-,20-,23+;;/m0../s1. The van der Waals surface area contributed by atoms with Gasteiger partial charge in [0.05, 0.1) is 12.6 Å². The number of rotatable bonds is 3. The van der Waals surface area contributed by atoms with E-state index in [1.807, 2.05) is 29.2 Å². The molecule has 2 fully saturated rings. The summed E-state index contributed by atoms with van der Waals surface area (Å²) in [5.74, 6) is 1.55. The van der Waals surface area contributed by atoms with Crippen LogP contribution in [0.25, 0.3) is 0 Å². The summed E-state index contributed by atoms with van der Waals surface area (Å²) >= 11 is 0. The van der Waals surface area contributed by atoms with Crippen molar-refractivity contribution in [3.63, 3.8) is 0 Å². The van der Waals surface area contributed by atoms with Gasteiger partial charge in [-0.25, -0.2) is 4.39 Å². The van der Waals surface area contributed by atoms with Crippen molar-refractivity contribution in [3.8, 4) is 5.75 Å². The van der Waals surface area contributed by atoms with Gasteiger partial charge in [0, 0.05) is 44.2 Å². The van der Waals surface area contributed by atoms with E-state index >= 15 is 0 Å². The minimum absolute atomic E-state index is 0. The number of amides is 1. The molecule has 0 aromatic heterocycles. The first-order chi connectivity index (χ1) is 14.2. The van der Waals surface area contributed by atoms with Gasteiger partial charge in [0.15, 0.2) is 0 Å². The Balaban J connectivity index is 0.00000136. The summed E-state index contributed by atoms with van der Waals surface area (Å²) in [4.78, 5) is 17.5. The fourth-order valence-electron chi connectivity index (χ4n) is 5.09. The van der Waals surface area contributed by atoms with E-state index in [1.165, 1.54) is 6.07 Å². The highest BCUT2D eigenvalue weighted by atomic mass is 35.5. The Bertz CT molecular complexity index is 916. The van der Waals surface area contributed by atoms with Crippen molar-refractivity contribution in [2.75, 3.05) is 39.3 Å². The lowest BCUT2D eigenvalue weighted by molar-refractivity contribution is -0.134. The summed E-state index contributed by atoms with van der Waals surface area (Å²) in [5, 5.41) is 3.44. The monoisotopic (exact) mass is 467 g/mol. The number of carbonyl (C=O) groups excluding carboxylic acids is 1. The van der Waals surface area contributed by atoms with Crippen LogP contribution >= 0.6 is 24.8 Å². The van der Waals surface area contributed by atoms with Crippen LogP contribution in [0.5, 0.6) is 5.75 Å². The molecular formula is C23H28Cl2FN3O2. The lowest BCUT2D eigenvalue weighted by Gasteiger charge is -2.30. The van der Waals surface area contributed by atoms with E-state index < -0.39 is 0 Å². The third kappa shape index (κ3) is 4.82. The van der Waals surface area contributed by atoms with Crippen LogP contribution in [0.15, 0.2) is 48.5 Å². The summed E-state index contributed by atoms with van der Waals surface area (Å²) in [7, 11) is 0. The molecule has 2 aromatic rings. The molecule has 3 atom stereocenters. The number of nitrogens with one attached hydrogen (secondary N) is 1. The Hall–Kier alpha value is -1.86. The molecule has 0 saturated carbocycles. The Morgan fingerprint density at radius 3 is 2.81 bits per heavy atom. The summed E-state index contributed by atoms with van der Waals surface area (Å²) in [5.41, 5.74) is 2.01. The van der Waals surface area contributed by atoms with Gasteiger partial charge < -0.3 is 15.0 Å². The second-order valence-electron chi connectivity index (χ2n) is 8.29. The van der Waals surface area contributed by atoms with E-state index in [4.69, 9.17) is 4.74 Å². The van der Waals surface area contributed by atoms with Crippen LogP contribution in [0, 0.1) is 17.7 Å². The molecule has 1 N–H and O–H groups in total. The van der Waals surface area contributed by atoms with Gasteiger partial charge in [-0.15, -0.1) is 24.8 Å². The van der Waals surface area contributed by atoms with Crippen LogP contribution in [-0.2, 0) is 11.3 Å². The Morgan fingerprint density at radius 1 is 1.13 bits per heavy atom. The maximum Gasteiger partial charge on any atom is 0.237 e. The van der Waals surface area contributed by atoms with Gasteiger partial charge in [0.2, 0.25) is 5.91 Å². The zero-order valence-corrected chi connectivity index (χ0v) is 18.8. The average molecular weight is 468 g/mol. The van der Waals surface area contributed by atoms with Crippen molar-refractivity contribution in [1.29, 1.82) is 0 Å². The molecule has 2 aromatic carbocycles. The number of hydrogen-bond donors (Lipinski definition) is 1. The number of nitrogens with zero attached hydrogens (tertiary/aromatic N) is 2. The number of halogens is 3. The zero-order valence-electron chi connectivity index (χ0n) is 17.2. The first-order valence-corrected chi connectivity index (χ1v) is 10.4. The number of carbonyl (C=O) groups is 1. The predicted molar refractivity (Wildman–Crippen MR) is 122 cm³/mol. The smallest absolute Gasteiger partial charge is 0.237 e. The molecule has 0 aliphatic carbocycles. The second-order valence-corrected chi connectivity index (χ2v) is 8.29. The van der Waals surface area contributed by atoms with Crippen LogP contribution in [0.2, 0.25) is 0 Å². The molecular weight excluding hydrogens is 440 g/mol. The van der Waals surface area contributed by atoms with Gasteiger partial charge in [-0.05, 0) is 29.7 Å². The topological polar surface area (TPSA) is 44.8 Å². The van der Waals surface area contributed by atoms with Crippen LogP contribution < -0.4 is 10.1 Å². The first kappa shape index (κ1) is 23.8. The molecule has 0 radical (unpaired) electrons. The van der Waals surface area contributed by atoms with E-state index in [9.17, 15) is 9.18 Å². The van der Waals surface area contributed by atoms with Gasteiger partial charge in [0.25, 0.3) is 0 Å². The lowest BCUT2D eigenvalue weighted by Crippen LogP contribution is -2.42. The van der Waals surface area contributed by atoms with Crippen LogP contribution in [0.1, 0.15) is 17.2 Å². The van der Waals surface area contributed by atoms with Gasteiger partial charge in [0.1, 0.15) is 18.2 Å². The van der Waals surface area contributed by atoms with E-state index in [2.05, 4.69) is 16.3 Å². The summed E-state index contributed by atoms with van der Waals surface area (Å²) in [6.45, 7) is 4.88. The van der Waals surface area contributed by atoms with Crippen LogP contribution in [0.3, 0.4) is 0 Å². The highest BCUT2D eigenvalue weighted by Gasteiger charge is 2.46. The molecule has 0 bridgehead atoms. The quantitative estimate of drug-likeness (QED) is 0.751. The molecule has 31 heavy (non-hydrogen) atoms. The fourth-order valence-corrected chi connectivity index (χ4v) is 5.09. The maximum atomic E-state index is 13.9. The summed E-state index contributed by atoms with van der Waals surface area (Å²) < 4.78 is 19.7. The Kier molecular flexibility index (Phi) is 7.81. The SMILES string of the molecule is Cl.Cl.O=C(CN1CCOc2ccccc2C1)N1C[C@@H]2CNC[C@@H]2[C@H]1c1cccc(F)c1. The Morgan fingerprint density at radius 2 is 1.97 bits per heavy atom. The molecule has 168 valence electrons. The third-order valence-electron chi connectivity index (χ3n) is 6.47. The highest BCUT2D eigenvalue weighted by molar-refractivity contribution is 5.85. The molecule has 5 nitrogen and oxygen atoms in total. The van der Waals surface area contributed by atoms with E-state index in [0.29, 0.717) is 38.1 Å². The average Bonchev–Trinajstić information content (AvgIpc) is 3.24. The summed E-state index contributed by atoms with van der Waals surface area (Å²) in [6.07, 6.45) is 0. The lowest BCUT2D eigenvalue weighted by atomic mass is 9.89. The highest BCUT2D eigenvalue weighted by Crippen LogP contribution is 2.42. The minimum Gasteiger partial charge on any atom is -0.492 e. The van der Waals surface area contributed by atoms with Crippen LogP contribution in [-0.4, -0.2) is 55.0 Å². The van der Waals surface area contributed by atoms with Crippen LogP contribution in [0.4, 0.5) is 4.39 Å². The minimum atomic E-state index is -0.245. The molecule has 0 spiro atoms. The predicted octanol–water partition coefficient (Wildman–Crippen LogP) is 3.28. The number of fused-ring (bicyclic) bond motifs is 2. The van der Waals surface area contributed by atoms with Crippen molar-refractivity contribution >= 4 is 30.7 Å². The molecule has 0 unspecified atom stereocenters. The molecule has 3 aliphatic heterocycles. The zero-order chi connectivity index (χ0) is 19.8. The number of likely N-dealkylation sites (tertiary alicyclic amines) is 1. The van der Waals surface area contributed by atoms with E-state index in [-0.39, 0.29) is 42.6 Å². The first-order valence-electron chi connectivity index (χ1n) is 10.4. The van der Waals surface area contributed by atoms with Gasteiger partial charge >= 0.3 is 0 Å². The van der Waals surface area contributed by atoms with E-state index in [1.54, 1.807) is 12.1 Å². The largest absolute Gasteiger partial charge is 0.492 e. The molecule has 3 heterocycles. The van der Waals surface area contributed by atoms with E-state index in [0.717, 1.165) is 36.5 Å². The van der Waals surface area contributed by atoms with Crippen molar-refractivity contribution in [3.05, 3.63) is 65.5 Å². The third-order valence-corrected chi connectivity index (χ3v) is 6.47. The summed E-state index contributed by atoms with van der Waals surface area (Å²) in [6, 6.07) is 14.7. The molecule has 2 saturated heterocycles. The van der Waals surface area contributed by atoms with Crippen molar-refractivity contribution in [1.82, 2.24) is 15.1 Å². The fraction of sp³-hybridized carbons (Fsp3) is 0.435. The van der Waals surface area contributed by atoms with Crippen molar-refractivity contribution in [2.24, 2.45) is 11.8 Å². The maximum absolute atomic E-state index is 13.9. The van der Waals surface area contributed by atoms with Gasteiger partial charge in [-0.3, -0.25) is 9.69 Å². The van der Waals surface area contributed by atoms with Crippen molar-refractivity contribution < 1.29 is 13.9 Å². The molecule has 8 heteroatoms. The van der Waals surface area contributed by atoms with Gasteiger partial charge in [-0.2, -0.15) is 0 Å². The van der Waals surface area contributed by atoms with Gasteiger partial charge in [-0.1, -0.05) is 30.3 Å².